The first-order valence-corrected chi connectivity index (χ1v) is 8.90. The number of carbonyl (C=O) groups excluding carboxylic acids is 1. The van der Waals surface area contributed by atoms with Crippen LogP contribution in [-0.2, 0) is 9.53 Å². The number of ether oxygens (including phenoxy) is 1. The maximum Gasteiger partial charge on any atom is 0.170 e. The van der Waals surface area contributed by atoms with Gasteiger partial charge in [0.25, 0.3) is 0 Å². The topological polar surface area (TPSA) is 29.6 Å². The SMILES string of the molecule is C[C@]12CC=CC[C@@H]1CC[C@H]1[C@@H]3[C@@H]4O[C@@H]4C(=O)[C@@]3(C)CC[C@@H]12. The molecule has 4 fully saturated rings. The highest BCUT2D eigenvalue weighted by molar-refractivity contribution is 5.94. The Labute approximate surface area is 127 Å². The number of ketones is 1. The molecule has 3 saturated carbocycles. The van der Waals surface area contributed by atoms with E-state index in [4.69, 9.17) is 4.74 Å². The Morgan fingerprint density at radius 2 is 2.05 bits per heavy atom. The van der Waals surface area contributed by atoms with Gasteiger partial charge in [0.2, 0.25) is 0 Å². The molecule has 1 aliphatic heterocycles. The molecule has 0 unspecified atom stereocenters. The van der Waals surface area contributed by atoms with Crippen molar-refractivity contribution in [2.45, 2.75) is 64.6 Å². The third-order valence-electron chi connectivity index (χ3n) is 8.16. The Bertz CT molecular complexity index is 538. The van der Waals surface area contributed by atoms with E-state index in [0.29, 0.717) is 17.1 Å². The van der Waals surface area contributed by atoms with Crippen LogP contribution in [-0.4, -0.2) is 18.0 Å². The van der Waals surface area contributed by atoms with E-state index in [9.17, 15) is 4.79 Å². The Kier molecular flexibility index (Phi) is 2.34. The minimum absolute atomic E-state index is 0.0180. The van der Waals surface area contributed by atoms with E-state index in [1.54, 1.807) is 0 Å². The van der Waals surface area contributed by atoms with Gasteiger partial charge in [0.1, 0.15) is 6.10 Å². The molecule has 21 heavy (non-hydrogen) atoms. The first-order valence-electron chi connectivity index (χ1n) is 8.90. The van der Waals surface area contributed by atoms with Crippen molar-refractivity contribution in [3.8, 4) is 0 Å². The molecule has 1 heterocycles. The zero-order chi connectivity index (χ0) is 14.4. The molecular weight excluding hydrogens is 260 g/mol. The average Bonchev–Trinajstić information content (AvgIpc) is 3.21. The maximum atomic E-state index is 12.6. The molecule has 1 saturated heterocycles. The quantitative estimate of drug-likeness (QED) is 0.501. The van der Waals surface area contributed by atoms with Gasteiger partial charge in [-0.1, -0.05) is 26.0 Å². The highest BCUT2D eigenvalue weighted by Gasteiger charge is 2.72. The summed E-state index contributed by atoms with van der Waals surface area (Å²) in [6.07, 6.45) is 12.7. The van der Waals surface area contributed by atoms with Gasteiger partial charge in [-0.15, -0.1) is 0 Å². The fraction of sp³-hybridized carbons (Fsp3) is 0.842. The second-order valence-electron chi connectivity index (χ2n) is 8.83. The van der Waals surface area contributed by atoms with E-state index in [-0.39, 0.29) is 17.6 Å². The molecule has 0 aromatic carbocycles. The monoisotopic (exact) mass is 286 g/mol. The number of allylic oxidation sites excluding steroid dienone is 2. The molecule has 8 atom stereocenters. The molecule has 2 nitrogen and oxygen atoms in total. The molecule has 114 valence electrons. The summed E-state index contributed by atoms with van der Waals surface area (Å²) in [5.74, 6) is 3.39. The summed E-state index contributed by atoms with van der Waals surface area (Å²) >= 11 is 0. The van der Waals surface area contributed by atoms with Crippen LogP contribution in [0, 0.1) is 34.5 Å². The summed E-state index contributed by atoms with van der Waals surface area (Å²) in [6, 6.07) is 0. The lowest BCUT2D eigenvalue weighted by molar-refractivity contribution is -0.146. The van der Waals surface area contributed by atoms with Crippen molar-refractivity contribution in [2.75, 3.05) is 0 Å². The first kappa shape index (κ1) is 12.9. The van der Waals surface area contributed by atoms with Gasteiger partial charge in [-0.2, -0.15) is 0 Å². The van der Waals surface area contributed by atoms with Crippen molar-refractivity contribution in [3.05, 3.63) is 12.2 Å². The van der Waals surface area contributed by atoms with Gasteiger partial charge in [0.15, 0.2) is 5.78 Å². The van der Waals surface area contributed by atoms with Gasteiger partial charge in [-0.25, -0.2) is 0 Å². The first-order chi connectivity index (χ1) is 10.1. The van der Waals surface area contributed by atoms with Crippen molar-refractivity contribution in [3.63, 3.8) is 0 Å². The van der Waals surface area contributed by atoms with Crippen LogP contribution in [0.2, 0.25) is 0 Å². The Hall–Kier alpha value is -0.630. The zero-order valence-corrected chi connectivity index (χ0v) is 13.2. The molecule has 0 aromatic rings. The summed E-state index contributed by atoms with van der Waals surface area (Å²) < 4.78 is 5.75. The fourth-order valence-electron chi connectivity index (χ4n) is 6.91. The van der Waals surface area contributed by atoms with Crippen molar-refractivity contribution in [2.24, 2.45) is 34.5 Å². The molecule has 0 radical (unpaired) electrons. The minimum atomic E-state index is -0.0531. The number of rotatable bonds is 0. The van der Waals surface area contributed by atoms with Gasteiger partial charge >= 0.3 is 0 Å². The maximum absolute atomic E-state index is 12.6. The molecule has 5 rings (SSSR count). The molecule has 2 heteroatoms. The molecule has 0 amide bonds. The molecule has 0 N–H and O–H groups in total. The molecule has 0 spiro atoms. The standard InChI is InChI=1S/C19H26O2/c1-18-9-4-3-5-11(18)6-7-12-13(18)8-10-19(2)14(12)15-16(21-15)17(19)20/h3-4,11-16H,5-10H2,1-2H3/t11-,12-,13+,14-,15+,16+,18+,19+/m1/s1. The van der Waals surface area contributed by atoms with Gasteiger partial charge in [-0.05, 0) is 61.7 Å². The lowest BCUT2D eigenvalue weighted by atomic mass is 9.46. The second-order valence-corrected chi connectivity index (χ2v) is 8.83. The second kappa shape index (κ2) is 3.82. The van der Waals surface area contributed by atoms with Crippen LogP contribution in [0.5, 0.6) is 0 Å². The summed E-state index contributed by atoms with van der Waals surface area (Å²) in [5.41, 5.74) is 0.428. The van der Waals surface area contributed by atoms with Gasteiger partial charge in [0.05, 0.1) is 6.10 Å². The van der Waals surface area contributed by atoms with E-state index in [2.05, 4.69) is 26.0 Å². The van der Waals surface area contributed by atoms with E-state index < -0.39 is 0 Å². The minimum Gasteiger partial charge on any atom is -0.361 e. The normalized spacial score (nSPS) is 60.8. The Morgan fingerprint density at radius 3 is 2.90 bits per heavy atom. The highest BCUT2D eigenvalue weighted by atomic mass is 16.6. The summed E-state index contributed by atoms with van der Waals surface area (Å²) in [6.45, 7) is 4.80. The average molecular weight is 286 g/mol. The highest BCUT2D eigenvalue weighted by Crippen LogP contribution is 2.67. The van der Waals surface area contributed by atoms with Crippen molar-refractivity contribution >= 4 is 5.78 Å². The molecule has 5 aliphatic rings. The van der Waals surface area contributed by atoms with Crippen LogP contribution in [0.4, 0.5) is 0 Å². The Morgan fingerprint density at radius 1 is 1.19 bits per heavy atom. The van der Waals surface area contributed by atoms with E-state index in [1.165, 1.54) is 32.1 Å². The number of epoxide rings is 1. The lowest BCUT2D eigenvalue weighted by Crippen LogP contribution is -2.54. The smallest absolute Gasteiger partial charge is 0.170 e. The molecule has 0 bridgehead atoms. The number of carbonyl (C=O) groups is 1. The summed E-state index contributed by atoms with van der Waals surface area (Å²) in [4.78, 5) is 12.6. The van der Waals surface area contributed by atoms with Crippen LogP contribution in [0.25, 0.3) is 0 Å². The predicted octanol–water partition coefficient (Wildman–Crippen LogP) is 3.75. The predicted molar refractivity (Wildman–Crippen MR) is 80.7 cm³/mol. The van der Waals surface area contributed by atoms with E-state index in [1.807, 2.05) is 0 Å². The number of hydrogen-bond donors (Lipinski definition) is 0. The van der Waals surface area contributed by atoms with Crippen LogP contribution in [0.1, 0.15) is 52.4 Å². The van der Waals surface area contributed by atoms with Crippen LogP contribution in [0.3, 0.4) is 0 Å². The van der Waals surface area contributed by atoms with Crippen molar-refractivity contribution in [1.29, 1.82) is 0 Å². The largest absolute Gasteiger partial charge is 0.361 e. The van der Waals surface area contributed by atoms with Crippen molar-refractivity contribution < 1.29 is 9.53 Å². The number of fused-ring (bicyclic) bond motifs is 7. The summed E-state index contributed by atoms with van der Waals surface area (Å²) in [7, 11) is 0. The van der Waals surface area contributed by atoms with E-state index in [0.717, 1.165) is 24.2 Å². The van der Waals surface area contributed by atoms with Crippen LogP contribution in [0.15, 0.2) is 12.2 Å². The molecule has 4 aliphatic carbocycles. The third kappa shape index (κ3) is 1.41. The van der Waals surface area contributed by atoms with Gasteiger partial charge < -0.3 is 4.74 Å². The fourth-order valence-corrected chi connectivity index (χ4v) is 6.91. The van der Waals surface area contributed by atoms with E-state index >= 15 is 0 Å². The zero-order valence-electron chi connectivity index (χ0n) is 13.2. The van der Waals surface area contributed by atoms with Gasteiger partial charge in [0, 0.05) is 11.3 Å². The van der Waals surface area contributed by atoms with Crippen LogP contribution >= 0.6 is 0 Å². The van der Waals surface area contributed by atoms with Gasteiger partial charge in [-0.3, -0.25) is 4.79 Å². The lowest BCUT2D eigenvalue weighted by Gasteiger charge is -2.58. The third-order valence-corrected chi connectivity index (χ3v) is 8.16. The summed E-state index contributed by atoms with van der Waals surface area (Å²) in [5, 5.41) is 0. The van der Waals surface area contributed by atoms with Crippen molar-refractivity contribution in [1.82, 2.24) is 0 Å². The number of hydrogen-bond acceptors (Lipinski definition) is 2. The van der Waals surface area contributed by atoms with Crippen LogP contribution < -0.4 is 0 Å². The number of Topliss-reactive ketones (excluding diaryl/α,β-unsaturated/α-hetero) is 1. The Balaban J connectivity index is 1.53. The molecule has 0 aromatic heterocycles. The molecular formula is C19H26O2.